The molecule has 0 atom stereocenters. The minimum absolute atomic E-state index is 0.0620. The van der Waals surface area contributed by atoms with E-state index >= 15 is 0 Å². The number of hydrogen-bond donors (Lipinski definition) is 2. The smallest absolute Gasteiger partial charge is 0.251 e. The van der Waals surface area contributed by atoms with Gasteiger partial charge in [0.15, 0.2) is 0 Å². The van der Waals surface area contributed by atoms with Crippen LogP contribution in [0.3, 0.4) is 0 Å². The van der Waals surface area contributed by atoms with Crippen LogP contribution in [0.5, 0.6) is 5.75 Å². The highest BCUT2D eigenvalue weighted by molar-refractivity contribution is 6.02. The van der Waals surface area contributed by atoms with Crippen LogP contribution in [-0.4, -0.2) is 63.7 Å². The fourth-order valence-electron chi connectivity index (χ4n) is 3.04. The molecule has 0 aromatic heterocycles. The zero-order chi connectivity index (χ0) is 25.6. The number of nitrogens with one attached hydrogen (secondary N) is 2. The molecule has 0 heterocycles. The number of benzene rings is 2. The monoisotopic (exact) mass is 475 g/mol. The number of carbonyl (C=O) groups is 1. The summed E-state index contributed by atoms with van der Waals surface area (Å²) in [6.07, 6.45) is 5.67. The van der Waals surface area contributed by atoms with E-state index < -0.39 is 0 Å². The average Bonchev–Trinajstić information content (AvgIpc) is 2.87. The third kappa shape index (κ3) is 9.98. The normalized spacial score (nSPS) is 12.8. The Bertz CT molecular complexity index is 1070. The molecule has 2 aromatic carbocycles. The van der Waals surface area contributed by atoms with E-state index in [1.807, 2.05) is 99.7 Å². The second-order valence-electron chi connectivity index (χ2n) is 8.36. The van der Waals surface area contributed by atoms with E-state index in [0.29, 0.717) is 18.7 Å². The summed E-state index contributed by atoms with van der Waals surface area (Å²) >= 11 is 0. The van der Waals surface area contributed by atoms with Crippen LogP contribution in [0.1, 0.15) is 35.3 Å². The Morgan fingerprint density at radius 2 is 1.63 bits per heavy atom. The molecule has 0 unspecified atom stereocenters. The van der Waals surface area contributed by atoms with Crippen molar-refractivity contribution < 1.29 is 9.53 Å². The van der Waals surface area contributed by atoms with Crippen molar-refractivity contribution in [2.24, 2.45) is 9.98 Å². The molecule has 35 heavy (non-hydrogen) atoms. The minimum Gasteiger partial charge on any atom is -0.497 e. The van der Waals surface area contributed by atoms with Gasteiger partial charge in [-0.3, -0.25) is 14.8 Å². The molecule has 2 N–H and O–H groups in total. The number of likely N-dealkylation sites (N-methyl/N-ethyl adjacent to an activating group) is 1. The summed E-state index contributed by atoms with van der Waals surface area (Å²) in [6.45, 7) is 6.04. The molecule has 0 aliphatic heterocycles. The van der Waals surface area contributed by atoms with Gasteiger partial charge < -0.3 is 20.3 Å². The lowest BCUT2D eigenvalue weighted by molar-refractivity contribution is 0.0951. The number of amidine groups is 1. The summed E-state index contributed by atoms with van der Waals surface area (Å²) in [6, 6.07) is 15.5. The molecule has 0 bridgehead atoms. The largest absolute Gasteiger partial charge is 0.497 e. The summed E-state index contributed by atoms with van der Waals surface area (Å²) in [5, 5.41) is 6.24. The number of carbonyl (C=O) groups excluding carboxylic acids is 1. The highest BCUT2D eigenvalue weighted by Gasteiger charge is 2.05. The van der Waals surface area contributed by atoms with Crippen LogP contribution in [0.15, 0.2) is 76.9 Å². The van der Waals surface area contributed by atoms with E-state index in [2.05, 4.69) is 20.6 Å². The first-order valence-electron chi connectivity index (χ1n) is 11.6. The van der Waals surface area contributed by atoms with Gasteiger partial charge in [-0.2, -0.15) is 0 Å². The number of aliphatic imine (C=N–C) groups is 2. The van der Waals surface area contributed by atoms with E-state index in [0.717, 1.165) is 40.5 Å². The topological polar surface area (TPSA) is 78.3 Å². The van der Waals surface area contributed by atoms with Gasteiger partial charge in [-0.15, -0.1) is 0 Å². The first-order valence-corrected chi connectivity index (χ1v) is 11.6. The molecule has 0 aliphatic rings. The van der Waals surface area contributed by atoms with Gasteiger partial charge in [0, 0.05) is 44.2 Å². The van der Waals surface area contributed by atoms with E-state index in [9.17, 15) is 4.79 Å². The van der Waals surface area contributed by atoms with Gasteiger partial charge in [-0.25, -0.2) is 0 Å². The Balaban J connectivity index is 1.91. The SMILES string of the molecule is CN=C(\C=C/C(C)=N\C=C(/C)c1ccc(C(=O)NCCN(C)C)cc1)NCc1ccc(OC)cc1. The highest BCUT2D eigenvalue weighted by Crippen LogP contribution is 2.15. The number of amides is 1. The molecule has 0 saturated carbocycles. The molecule has 0 spiro atoms. The van der Waals surface area contributed by atoms with Gasteiger partial charge in [0.1, 0.15) is 11.6 Å². The molecule has 0 saturated heterocycles. The van der Waals surface area contributed by atoms with Crippen molar-refractivity contribution in [3.8, 4) is 5.75 Å². The molecular weight excluding hydrogens is 438 g/mol. The molecule has 0 fully saturated rings. The summed E-state index contributed by atoms with van der Waals surface area (Å²) in [5.41, 5.74) is 4.68. The lowest BCUT2D eigenvalue weighted by atomic mass is 10.1. The number of allylic oxidation sites excluding steroid dienone is 2. The summed E-state index contributed by atoms with van der Waals surface area (Å²) < 4.78 is 5.19. The van der Waals surface area contributed by atoms with Crippen LogP contribution < -0.4 is 15.4 Å². The van der Waals surface area contributed by atoms with Crippen molar-refractivity contribution in [2.75, 3.05) is 41.3 Å². The molecular formula is C28H37N5O2. The maximum absolute atomic E-state index is 12.2. The van der Waals surface area contributed by atoms with Crippen LogP contribution in [0, 0.1) is 0 Å². The number of methoxy groups -OCH3 is 1. The van der Waals surface area contributed by atoms with E-state index in [1.165, 1.54) is 0 Å². The first-order chi connectivity index (χ1) is 16.8. The number of nitrogens with zero attached hydrogens (tertiary/aromatic N) is 3. The van der Waals surface area contributed by atoms with Crippen molar-refractivity contribution >= 4 is 23.0 Å². The Kier molecular flexibility index (Phi) is 11.4. The predicted molar refractivity (Wildman–Crippen MR) is 146 cm³/mol. The maximum Gasteiger partial charge on any atom is 0.251 e. The third-order valence-electron chi connectivity index (χ3n) is 5.26. The molecule has 7 nitrogen and oxygen atoms in total. The van der Waals surface area contributed by atoms with Crippen molar-refractivity contribution in [3.05, 3.63) is 83.6 Å². The van der Waals surface area contributed by atoms with Crippen LogP contribution in [0.25, 0.3) is 5.57 Å². The second kappa shape index (κ2) is 14.5. The summed E-state index contributed by atoms with van der Waals surface area (Å²) in [7, 11) is 7.37. The number of rotatable bonds is 11. The molecule has 0 aliphatic carbocycles. The van der Waals surface area contributed by atoms with Gasteiger partial charge in [0.2, 0.25) is 0 Å². The van der Waals surface area contributed by atoms with Crippen molar-refractivity contribution in [1.29, 1.82) is 0 Å². The third-order valence-corrected chi connectivity index (χ3v) is 5.26. The Hall–Kier alpha value is -3.71. The molecule has 1 amide bonds. The average molecular weight is 476 g/mol. The van der Waals surface area contributed by atoms with Gasteiger partial charge in [-0.1, -0.05) is 24.3 Å². The standard InChI is InChI=1S/C28H37N5O2/c1-21(24-10-12-25(13-11-24)28(34)30-17-18-33(4)5)19-31-22(2)7-16-27(29-3)32-20-23-8-14-26(35-6)15-9-23/h7-16,19H,17-18,20H2,1-6H3,(H,29,32)(H,30,34)/b16-7-,21-19+,31-22-. The number of hydrogen-bond acceptors (Lipinski definition) is 5. The van der Waals surface area contributed by atoms with Crippen LogP contribution >= 0.6 is 0 Å². The molecule has 2 rings (SSSR count). The lowest BCUT2D eigenvalue weighted by Gasteiger charge is -2.10. The zero-order valence-corrected chi connectivity index (χ0v) is 21.6. The highest BCUT2D eigenvalue weighted by atomic mass is 16.5. The minimum atomic E-state index is -0.0620. The predicted octanol–water partition coefficient (Wildman–Crippen LogP) is 4.18. The molecule has 2 aromatic rings. The van der Waals surface area contributed by atoms with Crippen molar-refractivity contribution in [1.82, 2.24) is 15.5 Å². The first kappa shape index (κ1) is 27.5. The summed E-state index contributed by atoms with van der Waals surface area (Å²) in [4.78, 5) is 23.1. The number of ether oxygens (including phenoxy) is 1. The van der Waals surface area contributed by atoms with Gasteiger partial charge in [0.05, 0.1) is 7.11 Å². The lowest BCUT2D eigenvalue weighted by Crippen LogP contribution is -2.31. The Morgan fingerprint density at radius 1 is 0.971 bits per heavy atom. The van der Waals surface area contributed by atoms with E-state index in [4.69, 9.17) is 4.74 Å². The Morgan fingerprint density at radius 3 is 2.23 bits per heavy atom. The van der Waals surface area contributed by atoms with Crippen LogP contribution in [0.2, 0.25) is 0 Å². The zero-order valence-electron chi connectivity index (χ0n) is 21.6. The summed E-state index contributed by atoms with van der Waals surface area (Å²) in [5.74, 6) is 1.55. The second-order valence-corrected chi connectivity index (χ2v) is 8.36. The molecule has 0 radical (unpaired) electrons. The molecule has 7 heteroatoms. The quantitative estimate of drug-likeness (QED) is 0.378. The van der Waals surface area contributed by atoms with E-state index in [-0.39, 0.29) is 5.91 Å². The van der Waals surface area contributed by atoms with Crippen molar-refractivity contribution in [3.63, 3.8) is 0 Å². The van der Waals surface area contributed by atoms with Gasteiger partial charge in [0.25, 0.3) is 5.91 Å². The fraction of sp³-hybridized carbons (Fsp3) is 0.321. The van der Waals surface area contributed by atoms with Crippen molar-refractivity contribution in [2.45, 2.75) is 20.4 Å². The molecule has 186 valence electrons. The van der Waals surface area contributed by atoms with E-state index in [1.54, 1.807) is 14.2 Å². The fourth-order valence-corrected chi connectivity index (χ4v) is 3.04. The maximum atomic E-state index is 12.2. The Labute approximate surface area is 209 Å². The van der Waals surface area contributed by atoms with Gasteiger partial charge >= 0.3 is 0 Å². The van der Waals surface area contributed by atoms with Gasteiger partial charge in [-0.05, 0) is 81.1 Å². The van der Waals surface area contributed by atoms with Crippen LogP contribution in [-0.2, 0) is 6.54 Å². The van der Waals surface area contributed by atoms with Crippen LogP contribution in [0.4, 0.5) is 0 Å².